The van der Waals surface area contributed by atoms with E-state index in [1.165, 1.54) is 6.42 Å². The molecule has 1 aromatic carbocycles. The molecule has 0 heterocycles. The second kappa shape index (κ2) is 5.66. The maximum Gasteiger partial charge on any atom is 0.269 e. The van der Waals surface area contributed by atoms with E-state index in [0.29, 0.717) is 28.3 Å². The van der Waals surface area contributed by atoms with Gasteiger partial charge in [-0.2, -0.15) is 0 Å². The minimum atomic E-state index is -0.249. The van der Waals surface area contributed by atoms with Gasteiger partial charge >= 0.3 is 0 Å². The van der Waals surface area contributed by atoms with Crippen LogP contribution in [0.2, 0.25) is 5.02 Å². The van der Waals surface area contributed by atoms with Crippen molar-refractivity contribution in [1.82, 2.24) is 10.9 Å². The molecule has 1 amide bonds. The van der Waals surface area contributed by atoms with Crippen LogP contribution in [0.4, 0.5) is 0 Å². The Morgan fingerprint density at radius 2 is 2.10 bits per heavy atom. The summed E-state index contributed by atoms with van der Waals surface area (Å²) in [6.45, 7) is 0. The van der Waals surface area contributed by atoms with E-state index in [-0.39, 0.29) is 11.0 Å². The van der Waals surface area contributed by atoms with Gasteiger partial charge in [0, 0.05) is 10.6 Å². The first-order valence-corrected chi connectivity index (χ1v) is 7.67. The highest BCUT2D eigenvalue weighted by molar-refractivity contribution is 7.80. The summed E-state index contributed by atoms with van der Waals surface area (Å²) in [5, 5.41) is 0.678. The molecule has 21 heavy (non-hydrogen) atoms. The fourth-order valence-corrected chi connectivity index (χ4v) is 3.60. The molecule has 0 aromatic heterocycles. The molecule has 1 saturated carbocycles. The number of thiocarbonyl (C=S) groups is 1. The summed E-state index contributed by atoms with van der Waals surface area (Å²) in [6, 6.07) is 5.38. The molecule has 1 fully saturated rings. The van der Waals surface area contributed by atoms with Crippen LogP contribution in [0.3, 0.4) is 0 Å². The van der Waals surface area contributed by atoms with Crippen molar-refractivity contribution in [3.63, 3.8) is 0 Å². The molecule has 0 spiro atoms. The lowest BCUT2D eigenvalue weighted by atomic mass is 9.84. The van der Waals surface area contributed by atoms with Gasteiger partial charge in [0.05, 0.1) is 0 Å². The van der Waals surface area contributed by atoms with Crippen LogP contribution >= 0.6 is 23.8 Å². The molecule has 2 aliphatic rings. The van der Waals surface area contributed by atoms with E-state index in [1.54, 1.807) is 12.1 Å². The van der Waals surface area contributed by atoms with Crippen LogP contribution < -0.4 is 16.6 Å². The van der Waals surface area contributed by atoms with Crippen molar-refractivity contribution in [1.29, 1.82) is 0 Å². The van der Waals surface area contributed by atoms with Crippen LogP contribution in [-0.2, 0) is 0 Å². The van der Waals surface area contributed by atoms with Crippen LogP contribution in [-0.4, -0.2) is 11.0 Å². The summed E-state index contributed by atoms with van der Waals surface area (Å²) in [6.07, 6.45) is 6.78. The number of hydrazine groups is 1. The Morgan fingerprint density at radius 3 is 2.71 bits per heavy atom. The standard InChI is InChI=1S/C15H16ClN3OS/c16-10-3-4-11(14(20)18-19-15(17)21)13(7-10)12-6-8-1-2-9(12)5-8/h1-4,7-9,12H,5-6H2,(H,18,20)(H3,17,19,21). The average Bonchev–Trinajstić information content (AvgIpc) is 3.07. The monoisotopic (exact) mass is 321 g/mol. The third-order valence-electron chi connectivity index (χ3n) is 4.24. The van der Waals surface area contributed by atoms with Gasteiger partial charge in [-0.3, -0.25) is 15.6 Å². The zero-order chi connectivity index (χ0) is 15.0. The molecule has 4 nitrogen and oxygen atoms in total. The van der Waals surface area contributed by atoms with E-state index in [2.05, 4.69) is 35.2 Å². The number of amides is 1. The molecule has 2 aliphatic carbocycles. The van der Waals surface area contributed by atoms with E-state index >= 15 is 0 Å². The number of carbonyl (C=O) groups excluding carboxylic acids is 1. The van der Waals surface area contributed by atoms with Crippen molar-refractivity contribution >= 4 is 34.8 Å². The summed E-state index contributed by atoms with van der Waals surface area (Å²) in [7, 11) is 0. The summed E-state index contributed by atoms with van der Waals surface area (Å²) in [5.41, 5.74) is 11.9. The van der Waals surface area contributed by atoms with E-state index in [1.807, 2.05) is 6.07 Å². The number of nitrogens with one attached hydrogen (secondary N) is 2. The summed E-state index contributed by atoms with van der Waals surface area (Å²) >= 11 is 10.8. The highest BCUT2D eigenvalue weighted by atomic mass is 35.5. The average molecular weight is 322 g/mol. The Balaban J connectivity index is 1.88. The Morgan fingerprint density at radius 1 is 1.29 bits per heavy atom. The molecule has 0 radical (unpaired) electrons. The van der Waals surface area contributed by atoms with Gasteiger partial charge in [-0.1, -0.05) is 23.8 Å². The summed E-state index contributed by atoms with van der Waals surface area (Å²) in [4.78, 5) is 12.3. The third kappa shape index (κ3) is 2.89. The van der Waals surface area contributed by atoms with Crippen LogP contribution in [0.1, 0.15) is 34.7 Å². The molecule has 4 N–H and O–H groups in total. The van der Waals surface area contributed by atoms with Crippen molar-refractivity contribution in [3.8, 4) is 0 Å². The largest absolute Gasteiger partial charge is 0.375 e. The third-order valence-corrected chi connectivity index (χ3v) is 4.57. The Kier molecular flexibility index (Phi) is 3.87. The van der Waals surface area contributed by atoms with Gasteiger partial charge in [0.15, 0.2) is 5.11 Å². The van der Waals surface area contributed by atoms with Crippen LogP contribution in [0.15, 0.2) is 30.4 Å². The predicted octanol–water partition coefficient (Wildman–Crippen LogP) is 2.50. The molecular formula is C15H16ClN3OS. The molecule has 3 atom stereocenters. The number of hydrogen-bond acceptors (Lipinski definition) is 2. The topological polar surface area (TPSA) is 67.2 Å². The number of carbonyl (C=O) groups is 1. The quantitative estimate of drug-likeness (QED) is 0.445. The van der Waals surface area contributed by atoms with Crippen LogP contribution in [0.5, 0.6) is 0 Å². The van der Waals surface area contributed by atoms with E-state index in [9.17, 15) is 4.79 Å². The van der Waals surface area contributed by atoms with Gasteiger partial charge in [0.2, 0.25) is 0 Å². The molecular weight excluding hydrogens is 306 g/mol. The van der Waals surface area contributed by atoms with E-state index in [0.717, 1.165) is 12.0 Å². The minimum absolute atomic E-state index is 0.0294. The van der Waals surface area contributed by atoms with E-state index in [4.69, 9.17) is 17.3 Å². The summed E-state index contributed by atoms with van der Waals surface area (Å²) < 4.78 is 0. The first-order chi connectivity index (χ1) is 10.0. The van der Waals surface area contributed by atoms with Crippen molar-refractivity contribution in [2.24, 2.45) is 17.6 Å². The number of fused-ring (bicyclic) bond motifs is 2. The first kappa shape index (κ1) is 14.4. The number of rotatable bonds is 2. The second-order valence-corrected chi connectivity index (χ2v) is 6.44. The smallest absolute Gasteiger partial charge is 0.269 e. The second-order valence-electron chi connectivity index (χ2n) is 5.56. The molecule has 1 aromatic rings. The number of benzene rings is 1. The van der Waals surface area contributed by atoms with Gasteiger partial charge in [-0.05, 0) is 66.6 Å². The van der Waals surface area contributed by atoms with Gasteiger partial charge in [0.1, 0.15) is 0 Å². The molecule has 110 valence electrons. The molecule has 2 bridgehead atoms. The normalized spacial score (nSPS) is 25.9. The molecule has 3 rings (SSSR count). The lowest BCUT2D eigenvalue weighted by Gasteiger charge is -2.22. The Bertz CT molecular complexity index is 631. The van der Waals surface area contributed by atoms with Crippen LogP contribution in [0.25, 0.3) is 0 Å². The molecule has 0 aliphatic heterocycles. The molecule has 3 unspecified atom stereocenters. The first-order valence-electron chi connectivity index (χ1n) is 6.88. The lowest BCUT2D eigenvalue weighted by molar-refractivity contribution is 0.0942. The zero-order valence-corrected chi connectivity index (χ0v) is 12.9. The van der Waals surface area contributed by atoms with Gasteiger partial charge in [0.25, 0.3) is 5.91 Å². The fourth-order valence-electron chi connectivity index (χ4n) is 3.37. The number of allylic oxidation sites excluding steroid dienone is 2. The molecule has 6 heteroatoms. The predicted molar refractivity (Wildman–Crippen MR) is 86.9 cm³/mol. The summed E-state index contributed by atoms with van der Waals surface area (Å²) in [5.74, 6) is 1.23. The van der Waals surface area contributed by atoms with Crippen molar-refractivity contribution in [2.75, 3.05) is 0 Å². The van der Waals surface area contributed by atoms with Crippen molar-refractivity contribution in [3.05, 3.63) is 46.5 Å². The fraction of sp³-hybridized carbons (Fsp3) is 0.333. The van der Waals surface area contributed by atoms with Gasteiger partial charge in [-0.25, -0.2) is 0 Å². The van der Waals surface area contributed by atoms with Gasteiger partial charge < -0.3 is 5.73 Å². The van der Waals surface area contributed by atoms with E-state index < -0.39 is 0 Å². The van der Waals surface area contributed by atoms with Crippen LogP contribution in [0, 0.1) is 11.8 Å². The Labute approximate surface area is 133 Å². The SMILES string of the molecule is NC(=S)NNC(=O)c1ccc(Cl)cc1C1CC2C=CC1C2. The maximum absolute atomic E-state index is 12.3. The molecule has 0 saturated heterocycles. The lowest BCUT2D eigenvalue weighted by Crippen LogP contribution is -2.44. The number of nitrogens with two attached hydrogens (primary N) is 1. The van der Waals surface area contributed by atoms with Crippen molar-refractivity contribution in [2.45, 2.75) is 18.8 Å². The van der Waals surface area contributed by atoms with Crippen molar-refractivity contribution < 1.29 is 4.79 Å². The highest BCUT2D eigenvalue weighted by Crippen LogP contribution is 2.49. The minimum Gasteiger partial charge on any atom is -0.375 e. The number of halogens is 1. The zero-order valence-electron chi connectivity index (χ0n) is 11.3. The number of hydrogen-bond donors (Lipinski definition) is 3. The Hall–Kier alpha value is -1.59. The maximum atomic E-state index is 12.3. The van der Waals surface area contributed by atoms with Gasteiger partial charge in [-0.15, -0.1) is 0 Å². The highest BCUT2D eigenvalue weighted by Gasteiger charge is 2.38.